The van der Waals surface area contributed by atoms with Crippen LogP contribution in [0.3, 0.4) is 0 Å². The molecule has 0 saturated carbocycles. The minimum Gasteiger partial charge on any atom is -1.00 e. The van der Waals surface area contributed by atoms with Crippen molar-refractivity contribution in [2.24, 2.45) is 0 Å². The van der Waals surface area contributed by atoms with Crippen molar-refractivity contribution in [3.63, 3.8) is 0 Å². The Morgan fingerprint density at radius 2 is 1.73 bits per heavy atom. The second-order valence-electron chi connectivity index (χ2n) is 3.54. The van der Waals surface area contributed by atoms with Gasteiger partial charge in [0.25, 0.3) is 0 Å². The summed E-state index contributed by atoms with van der Waals surface area (Å²) in [5.41, 5.74) is 2.67. The third kappa shape index (κ3) is 3.48. The number of aryl methyl sites for hydroxylation is 1. The van der Waals surface area contributed by atoms with Gasteiger partial charge in [0.1, 0.15) is 0 Å². The lowest BCUT2D eigenvalue weighted by atomic mass is 10.1. The van der Waals surface area contributed by atoms with Crippen molar-refractivity contribution in [2.75, 3.05) is 0 Å². The van der Waals surface area contributed by atoms with Gasteiger partial charge in [-0.25, -0.2) is 4.57 Å². The van der Waals surface area contributed by atoms with Crippen LogP contribution in [0, 0.1) is 6.92 Å². The molecule has 1 aromatic carbocycles. The fourth-order valence-corrected chi connectivity index (χ4v) is 1.56. The fraction of sp³-hybridized carbons (Fsp3) is 0.154. The van der Waals surface area contributed by atoms with E-state index in [1.807, 2.05) is 6.07 Å². The van der Waals surface area contributed by atoms with Crippen molar-refractivity contribution in [1.82, 2.24) is 0 Å². The van der Waals surface area contributed by atoms with Gasteiger partial charge in [-0.05, 0) is 13.0 Å². The van der Waals surface area contributed by atoms with Crippen LogP contribution in [0.25, 0.3) is 0 Å². The van der Waals surface area contributed by atoms with Crippen molar-refractivity contribution in [3.05, 3.63) is 66.0 Å². The van der Waals surface area contributed by atoms with Crippen LogP contribution < -0.4 is 21.5 Å². The Labute approximate surface area is 101 Å². The molecule has 0 radical (unpaired) electrons. The first-order valence-corrected chi connectivity index (χ1v) is 4.84. The number of hydrogen-bond acceptors (Lipinski definition) is 0. The van der Waals surface area contributed by atoms with Crippen LogP contribution in [0.2, 0.25) is 0 Å². The highest BCUT2D eigenvalue weighted by atomic mass is 79.9. The van der Waals surface area contributed by atoms with E-state index in [4.69, 9.17) is 0 Å². The van der Waals surface area contributed by atoms with E-state index in [1.54, 1.807) is 0 Å². The van der Waals surface area contributed by atoms with Crippen LogP contribution in [-0.2, 0) is 6.54 Å². The maximum atomic E-state index is 2.22. The summed E-state index contributed by atoms with van der Waals surface area (Å²) in [7, 11) is 0. The molecular weight excluding hydrogens is 250 g/mol. The highest BCUT2D eigenvalue weighted by molar-refractivity contribution is 5.21. The van der Waals surface area contributed by atoms with E-state index in [0.29, 0.717) is 0 Å². The lowest BCUT2D eigenvalue weighted by molar-refractivity contribution is -0.688. The predicted octanol–water partition coefficient (Wildman–Crippen LogP) is -0.665. The van der Waals surface area contributed by atoms with Crippen LogP contribution in [0.1, 0.15) is 11.1 Å². The summed E-state index contributed by atoms with van der Waals surface area (Å²) in [4.78, 5) is 0. The molecule has 1 nitrogen and oxygen atoms in total. The summed E-state index contributed by atoms with van der Waals surface area (Å²) < 4.78 is 2.18. The molecule has 2 heteroatoms. The van der Waals surface area contributed by atoms with Gasteiger partial charge in [0.15, 0.2) is 18.9 Å². The monoisotopic (exact) mass is 263 g/mol. The van der Waals surface area contributed by atoms with Gasteiger partial charge < -0.3 is 17.0 Å². The molecule has 0 unspecified atom stereocenters. The Hall–Kier alpha value is -1.15. The molecule has 2 rings (SSSR count). The lowest BCUT2D eigenvalue weighted by Crippen LogP contribution is -3.00. The molecule has 0 N–H and O–H groups in total. The van der Waals surface area contributed by atoms with E-state index in [2.05, 4.69) is 60.3 Å². The predicted molar refractivity (Wildman–Crippen MR) is 56.9 cm³/mol. The van der Waals surface area contributed by atoms with Crippen LogP contribution in [-0.4, -0.2) is 0 Å². The number of hydrogen-bond donors (Lipinski definition) is 0. The zero-order valence-corrected chi connectivity index (χ0v) is 10.3. The minimum absolute atomic E-state index is 0. The van der Waals surface area contributed by atoms with Crippen LogP contribution >= 0.6 is 0 Å². The molecule has 15 heavy (non-hydrogen) atoms. The third-order valence-corrected chi connectivity index (χ3v) is 2.22. The molecule has 0 fully saturated rings. The molecule has 1 heterocycles. The first-order valence-electron chi connectivity index (χ1n) is 4.84. The molecule has 78 valence electrons. The van der Waals surface area contributed by atoms with Crippen LogP contribution in [0.15, 0.2) is 54.9 Å². The molecule has 0 aliphatic carbocycles. The number of pyridine rings is 1. The van der Waals surface area contributed by atoms with Crippen molar-refractivity contribution in [1.29, 1.82) is 0 Å². The number of halogens is 1. The standard InChI is InChI=1S/C13H14N.BrH/c1-12-6-5-7-13(10-12)11-14-8-3-2-4-9-14;/h2-10H,11H2,1H3;1H/q+1;/p-1. The Bertz CT molecular complexity index is 412. The summed E-state index contributed by atoms with van der Waals surface area (Å²) in [6.07, 6.45) is 4.17. The summed E-state index contributed by atoms with van der Waals surface area (Å²) >= 11 is 0. The van der Waals surface area contributed by atoms with Gasteiger partial charge in [0, 0.05) is 17.7 Å². The Morgan fingerprint density at radius 1 is 1.00 bits per heavy atom. The third-order valence-electron chi connectivity index (χ3n) is 2.22. The zero-order chi connectivity index (χ0) is 9.80. The second kappa shape index (κ2) is 5.66. The van der Waals surface area contributed by atoms with Crippen LogP contribution in [0.5, 0.6) is 0 Å². The van der Waals surface area contributed by atoms with Gasteiger partial charge >= 0.3 is 0 Å². The Morgan fingerprint density at radius 3 is 2.40 bits per heavy atom. The molecule has 0 amide bonds. The Kier molecular flexibility index (Phi) is 4.50. The molecular formula is C13H14BrN. The van der Waals surface area contributed by atoms with Gasteiger partial charge in [-0.3, -0.25) is 0 Å². The molecule has 0 aliphatic rings. The SMILES string of the molecule is Cc1cccc(C[n+]2ccccc2)c1.[Br-]. The lowest BCUT2D eigenvalue weighted by Gasteiger charge is -1.98. The molecule has 0 aliphatic heterocycles. The average Bonchev–Trinajstić information content (AvgIpc) is 2.19. The van der Waals surface area contributed by atoms with Crippen molar-refractivity contribution < 1.29 is 21.5 Å². The van der Waals surface area contributed by atoms with E-state index in [9.17, 15) is 0 Å². The van der Waals surface area contributed by atoms with E-state index in [1.165, 1.54) is 11.1 Å². The average molecular weight is 264 g/mol. The molecule has 0 atom stereocenters. The summed E-state index contributed by atoms with van der Waals surface area (Å²) in [5, 5.41) is 0. The maximum absolute atomic E-state index is 2.22. The van der Waals surface area contributed by atoms with Gasteiger partial charge in [0.2, 0.25) is 0 Å². The van der Waals surface area contributed by atoms with Gasteiger partial charge in [-0.1, -0.05) is 29.8 Å². The topological polar surface area (TPSA) is 3.88 Å². The molecule has 1 aromatic heterocycles. The largest absolute Gasteiger partial charge is 1.00 e. The van der Waals surface area contributed by atoms with Crippen molar-refractivity contribution in [2.45, 2.75) is 13.5 Å². The number of rotatable bonds is 2. The van der Waals surface area contributed by atoms with E-state index in [0.717, 1.165) is 6.54 Å². The minimum atomic E-state index is 0. The summed E-state index contributed by atoms with van der Waals surface area (Å²) in [5.74, 6) is 0. The fourth-order valence-electron chi connectivity index (χ4n) is 1.56. The molecule has 0 bridgehead atoms. The van der Waals surface area contributed by atoms with Crippen molar-refractivity contribution in [3.8, 4) is 0 Å². The second-order valence-corrected chi connectivity index (χ2v) is 3.54. The van der Waals surface area contributed by atoms with E-state index in [-0.39, 0.29) is 17.0 Å². The van der Waals surface area contributed by atoms with Crippen LogP contribution in [0.4, 0.5) is 0 Å². The number of benzene rings is 1. The van der Waals surface area contributed by atoms with E-state index < -0.39 is 0 Å². The smallest absolute Gasteiger partial charge is 0.173 e. The van der Waals surface area contributed by atoms with Gasteiger partial charge in [0.05, 0.1) is 0 Å². The highest BCUT2D eigenvalue weighted by Gasteiger charge is 2.00. The van der Waals surface area contributed by atoms with E-state index >= 15 is 0 Å². The first-order chi connectivity index (χ1) is 6.84. The summed E-state index contributed by atoms with van der Waals surface area (Å²) in [6.45, 7) is 3.07. The number of nitrogens with zero attached hydrogens (tertiary/aromatic N) is 1. The molecule has 0 spiro atoms. The normalized spacial score (nSPS) is 9.40. The quantitative estimate of drug-likeness (QED) is 0.634. The Balaban J connectivity index is 0.00000112. The van der Waals surface area contributed by atoms with Gasteiger partial charge in [-0.15, -0.1) is 0 Å². The highest BCUT2D eigenvalue weighted by Crippen LogP contribution is 2.02. The molecule has 2 aromatic rings. The van der Waals surface area contributed by atoms with Gasteiger partial charge in [-0.2, -0.15) is 0 Å². The van der Waals surface area contributed by atoms with Crippen molar-refractivity contribution >= 4 is 0 Å². The summed E-state index contributed by atoms with van der Waals surface area (Å²) in [6, 6.07) is 14.7. The number of aromatic nitrogens is 1. The maximum Gasteiger partial charge on any atom is 0.173 e. The first kappa shape index (κ1) is 11.9. The zero-order valence-electron chi connectivity index (χ0n) is 8.73. The molecule has 0 saturated heterocycles.